The third kappa shape index (κ3) is 16.7. The molecule has 0 saturated heterocycles. The number of nitriles is 1. The number of phosphoric ester groups is 1. The highest BCUT2D eigenvalue weighted by Gasteiger charge is 2.34. The Hall–Kier alpha value is -2.96. The molecule has 0 radical (unpaired) electrons. The number of aliphatic hydroxyl groups is 2. The molecule has 5 N–H and O–H groups in total. The van der Waals surface area contributed by atoms with Gasteiger partial charge < -0.3 is 35.1 Å². The Kier molecular flexibility index (Phi) is 21.5. The highest BCUT2D eigenvalue weighted by atomic mass is 31.2. The van der Waals surface area contributed by atoms with E-state index in [0.29, 0.717) is 12.1 Å². The third-order valence-corrected chi connectivity index (χ3v) is 11.5. The van der Waals surface area contributed by atoms with Crippen molar-refractivity contribution in [2.75, 3.05) is 38.8 Å². The van der Waals surface area contributed by atoms with E-state index in [1.807, 2.05) is 6.07 Å². The SMILES string of the molecule is CCCCCCCCCCCCCCCCCOC[C@H](COP(=O)(O)OC[C@@H](OCC#N)[C@@H](O)[C@@H](O)c1ccc2c(N)ncnn12)OCc1ccc2c(c1)CCC2. The second-order valence-corrected chi connectivity index (χ2v) is 16.6. The number of unbranched alkanes of at least 4 members (excludes halogenated alkanes) is 14. The summed E-state index contributed by atoms with van der Waals surface area (Å²) < 4.78 is 42.5. The van der Waals surface area contributed by atoms with E-state index in [0.717, 1.165) is 37.7 Å². The van der Waals surface area contributed by atoms with Gasteiger partial charge >= 0.3 is 7.82 Å². The minimum absolute atomic E-state index is 0.154. The fourth-order valence-electron chi connectivity index (χ4n) is 7.21. The normalized spacial score (nSPS) is 15.9. The lowest BCUT2D eigenvalue weighted by Gasteiger charge is -2.27. The molecule has 318 valence electrons. The summed E-state index contributed by atoms with van der Waals surface area (Å²) in [6.07, 6.45) is 18.3. The number of rotatable bonds is 32. The molecule has 1 aliphatic carbocycles. The van der Waals surface area contributed by atoms with Gasteiger partial charge in [0, 0.05) is 6.61 Å². The monoisotopic (exact) mass is 815 g/mol. The molecule has 57 heavy (non-hydrogen) atoms. The summed E-state index contributed by atoms with van der Waals surface area (Å²) in [4.78, 5) is 14.6. The van der Waals surface area contributed by atoms with Gasteiger partial charge in [0.1, 0.15) is 42.9 Å². The zero-order valence-electron chi connectivity index (χ0n) is 33.8. The number of fused-ring (bicyclic) bond motifs is 2. The third-order valence-electron chi connectivity index (χ3n) is 10.6. The van der Waals surface area contributed by atoms with Gasteiger partial charge in [0.05, 0.1) is 38.2 Å². The first kappa shape index (κ1) is 46.7. The molecule has 3 aromatic rings. The molecule has 15 heteroatoms. The van der Waals surface area contributed by atoms with Crippen LogP contribution in [0.1, 0.15) is 138 Å². The zero-order chi connectivity index (χ0) is 40.7. The molecule has 0 saturated carbocycles. The molecule has 2 heterocycles. The topological polar surface area (TPSA) is 204 Å². The number of anilines is 1. The molecule has 5 atom stereocenters. The van der Waals surface area contributed by atoms with Crippen LogP contribution < -0.4 is 5.73 Å². The Morgan fingerprint density at radius 1 is 0.860 bits per heavy atom. The van der Waals surface area contributed by atoms with Crippen LogP contribution in [-0.4, -0.2) is 81.1 Å². The number of aryl methyl sites for hydroxylation is 2. The van der Waals surface area contributed by atoms with E-state index < -0.39 is 45.5 Å². The van der Waals surface area contributed by atoms with Crippen LogP contribution in [0.3, 0.4) is 0 Å². The molecule has 1 unspecified atom stereocenters. The predicted molar refractivity (Wildman–Crippen MR) is 218 cm³/mol. The second kappa shape index (κ2) is 26.2. The number of ether oxygens (including phenoxy) is 3. The fraction of sp³-hybridized carbons (Fsp3) is 0.690. The average Bonchev–Trinajstić information content (AvgIpc) is 3.87. The van der Waals surface area contributed by atoms with Crippen molar-refractivity contribution in [2.24, 2.45) is 0 Å². The molecule has 0 bridgehead atoms. The smallest absolute Gasteiger partial charge is 0.387 e. The number of nitrogen functional groups attached to an aromatic ring is 1. The van der Waals surface area contributed by atoms with Crippen molar-refractivity contribution >= 4 is 19.2 Å². The maximum atomic E-state index is 13.1. The van der Waals surface area contributed by atoms with Crippen molar-refractivity contribution in [1.82, 2.24) is 14.6 Å². The Morgan fingerprint density at radius 3 is 2.19 bits per heavy atom. The fourth-order valence-corrected chi connectivity index (χ4v) is 7.98. The van der Waals surface area contributed by atoms with E-state index in [9.17, 15) is 19.7 Å². The number of phosphoric acid groups is 1. The standard InChI is InChI=1S/C42H66N5O9P/c1-2-3-4-5-6-7-8-9-10-11-12-13-14-15-16-25-52-29-36(54-28-33-20-21-34-18-17-19-35(34)27-33)30-55-57(50,51)56-31-39(53-26-24-43)41(49)40(48)37-22-23-38-42(44)45-32-46-47(37)38/h20-23,27,32,36,39-41,48-49H,2-19,25-26,28-31H2,1H3,(H,50,51)(H2,44,45,46)/t36-,39-,40+,41-/m1/s1. The van der Waals surface area contributed by atoms with Crippen molar-refractivity contribution < 1.29 is 42.9 Å². The van der Waals surface area contributed by atoms with E-state index in [2.05, 4.69) is 29.1 Å². The van der Waals surface area contributed by atoms with Crippen LogP contribution >= 0.6 is 7.82 Å². The highest BCUT2D eigenvalue weighted by molar-refractivity contribution is 7.47. The zero-order valence-corrected chi connectivity index (χ0v) is 34.7. The van der Waals surface area contributed by atoms with Gasteiger partial charge in [-0.05, 0) is 54.5 Å². The van der Waals surface area contributed by atoms with Crippen molar-refractivity contribution in [3.05, 3.63) is 59.0 Å². The van der Waals surface area contributed by atoms with Gasteiger partial charge in [0.15, 0.2) is 5.82 Å². The lowest BCUT2D eigenvalue weighted by Crippen LogP contribution is -2.38. The second-order valence-electron chi connectivity index (χ2n) is 15.1. The Labute approximate surface area is 338 Å². The van der Waals surface area contributed by atoms with Gasteiger partial charge in [0.25, 0.3) is 0 Å². The molecule has 0 fully saturated rings. The summed E-state index contributed by atoms with van der Waals surface area (Å²) in [5.74, 6) is 0.168. The first-order valence-electron chi connectivity index (χ1n) is 21.1. The maximum Gasteiger partial charge on any atom is 0.472 e. The summed E-state index contributed by atoms with van der Waals surface area (Å²) in [6, 6.07) is 11.2. The van der Waals surface area contributed by atoms with Gasteiger partial charge in [-0.3, -0.25) is 9.05 Å². The van der Waals surface area contributed by atoms with Crippen LogP contribution in [0.25, 0.3) is 5.52 Å². The molecule has 1 aromatic carbocycles. The molecular formula is C42H66N5O9P. The number of benzene rings is 1. The van der Waals surface area contributed by atoms with Crippen molar-refractivity contribution in [2.45, 2.75) is 154 Å². The van der Waals surface area contributed by atoms with Gasteiger partial charge in [-0.1, -0.05) is 115 Å². The molecule has 1 aliphatic rings. The summed E-state index contributed by atoms with van der Waals surface area (Å²) >= 11 is 0. The maximum absolute atomic E-state index is 13.1. The summed E-state index contributed by atoms with van der Waals surface area (Å²) in [6.45, 7) is 1.78. The van der Waals surface area contributed by atoms with Gasteiger partial charge in [-0.25, -0.2) is 14.1 Å². The number of nitrogens with two attached hydrogens (primary N) is 1. The average molecular weight is 816 g/mol. The largest absolute Gasteiger partial charge is 0.472 e. The first-order chi connectivity index (χ1) is 27.7. The number of hydrogen-bond acceptors (Lipinski definition) is 12. The number of nitrogens with zero attached hydrogens (tertiary/aromatic N) is 4. The first-order valence-corrected chi connectivity index (χ1v) is 22.6. The minimum Gasteiger partial charge on any atom is -0.387 e. The van der Waals surface area contributed by atoms with Crippen LogP contribution in [0.15, 0.2) is 36.7 Å². The molecule has 0 spiro atoms. The van der Waals surface area contributed by atoms with Crippen LogP contribution in [0.4, 0.5) is 5.82 Å². The Bertz CT molecular complexity index is 1670. The van der Waals surface area contributed by atoms with Crippen LogP contribution in [-0.2, 0) is 47.3 Å². The van der Waals surface area contributed by atoms with E-state index in [1.54, 1.807) is 12.1 Å². The van der Waals surface area contributed by atoms with Crippen LogP contribution in [0, 0.1) is 11.3 Å². The van der Waals surface area contributed by atoms with E-state index in [4.69, 9.17) is 34.3 Å². The molecule has 0 aliphatic heterocycles. The van der Waals surface area contributed by atoms with Crippen molar-refractivity contribution in [3.63, 3.8) is 0 Å². The van der Waals surface area contributed by atoms with Crippen LogP contribution in [0.5, 0.6) is 0 Å². The minimum atomic E-state index is -4.73. The lowest BCUT2D eigenvalue weighted by molar-refractivity contribution is -0.103. The summed E-state index contributed by atoms with van der Waals surface area (Å²) in [7, 11) is -4.73. The highest BCUT2D eigenvalue weighted by Crippen LogP contribution is 2.44. The molecule has 0 amide bonds. The van der Waals surface area contributed by atoms with Gasteiger partial charge in [-0.15, -0.1) is 0 Å². The summed E-state index contributed by atoms with van der Waals surface area (Å²) in [5, 5.41) is 35.2. The Morgan fingerprint density at radius 2 is 1.51 bits per heavy atom. The van der Waals surface area contributed by atoms with Gasteiger partial charge in [0.2, 0.25) is 0 Å². The number of hydrogen-bond donors (Lipinski definition) is 4. The summed E-state index contributed by atoms with van der Waals surface area (Å²) in [5.41, 5.74) is 10.1. The number of aromatic nitrogens is 3. The van der Waals surface area contributed by atoms with Crippen molar-refractivity contribution in [1.29, 1.82) is 5.26 Å². The van der Waals surface area contributed by atoms with E-state index in [1.165, 1.54) is 112 Å². The van der Waals surface area contributed by atoms with E-state index in [-0.39, 0.29) is 31.3 Å². The predicted octanol–water partition coefficient (Wildman–Crippen LogP) is 7.71. The van der Waals surface area contributed by atoms with Crippen LogP contribution in [0.2, 0.25) is 0 Å². The lowest BCUT2D eigenvalue weighted by atomic mass is 10.0. The molecule has 14 nitrogen and oxygen atoms in total. The quantitative estimate of drug-likeness (QED) is 0.0353. The molecule has 4 rings (SSSR count). The van der Waals surface area contributed by atoms with Crippen molar-refractivity contribution in [3.8, 4) is 6.07 Å². The van der Waals surface area contributed by atoms with E-state index >= 15 is 0 Å². The molecule has 2 aromatic heterocycles. The van der Waals surface area contributed by atoms with Gasteiger partial charge in [-0.2, -0.15) is 10.4 Å². The Balaban J connectivity index is 1.20. The molecular weight excluding hydrogens is 749 g/mol. The number of aliphatic hydroxyl groups excluding tert-OH is 2.